The van der Waals surface area contributed by atoms with Crippen molar-refractivity contribution in [3.05, 3.63) is 89.7 Å². The van der Waals surface area contributed by atoms with Gasteiger partial charge in [-0.05, 0) is 54.1 Å². The molecule has 4 rings (SSSR count). The number of thioether (sulfide) groups is 1. The maximum Gasteiger partial charge on any atom is 0.255 e. The molecule has 0 aromatic heterocycles. The van der Waals surface area contributed by atoms with Crippen molar-refractivity contribution in [3.63, 3.8) is 0 Å². The highest BCUT2D eigenvalue weighted by Crippen LogP contribution is 2.42. The monoisotopic (exact) mass is 422 g/mol. The smallest absolute Gasteiger partial charge is 0.255 e. The van der Waals surface area contributed by atoms with E-state index in [2.05, 4.69) is 5.32 Å². The van der Waals surface area contributed by atoms with Crippen LogP contribution >= 0.6 is 11.8 Å². The first-order valence-corrected chi connectivity index (χ1v) is 10.4. The van der Waals surface area contributed by atoms with Crippen LogP contribution in [0.2, 0.25) is 0 Å². The molecular weight excluding hydrogens is 403 g/mol. The van der Waals surface area contributed by atoms with Gasteiger partial charge in [-0.3, -0.25) is 14.5 Å². The highest BCUT2D eigenvalue weighted by molar-refractivity contribution is 8.00. The summed E-state index contributed by atoms with van der Waals surface area (Å²) in [7, 11) is 1.57. The van der Waals surface area contributed by atoms with E-state index in [1.54, 1.807) is 61.7 Å². The van der Waals surface area contributed by atoms with Crippen molar-refractivity contribution in [3.8, 4) is 5.75 Å². The molecule has 1 fully saturated rings. The Bertz CT molecular complexity index is 1070. The van der Waals surface area contributed by atoms with Crippen LogP contribution in [-0.4, -0.2) is 24.7 Å². The number of methoxy groups -OCH3 is 1. The van der Waals surface area contributed by atoms with Crippen LogP contribution in [0, 0.1) is 5.82 Å². The van der Waals surface area contributed by atoms with E-state index in [0.29, 0.717) is 17.0 Å². The van der Waals surface area contributed by atoms with Gasteiger partial charge >= 0.3 is 0 Å². The summed E-state index contributed by atoms with van der Waals surface area (Å²) in [6.07, 6.45) is 0. The van der Waals surface area contributed by atoms with E-state index >= 15 is 0 Å². The van der Waals surface area contributed by atoms with E-state index < -0.39 is 5.82 Å². The van der Waals surface area contributed by atoms with Crippen molar-refractivity contribution in [2.75, 3.05) is 23.1 Å². The van der Waals surface area contributed by atoms with Crippen LogP contribution in [0.15, 0.2) is 72.8 Å². The molecule has 30 heavy (non-hydrogen) atoms. The number of amides is 2. The SMILES string of the molecule is COc1ccc(C(=O)Nc2ccc([C@H]3SCC(=O)N3c3ccccc3F)cc2)cc1. The summed E-state index contributed by atoms with van der Waals surface area (Å²) in [5, 5.41) is 2.53. The van der Waals surface area contributed by atoms with Gasteiger partial charge in [0.2, 0.25) is 5.91 Å². The van der Waals surface area contributed by atoms with E-state index in [-0.39, 0.29) is 28.6 Å². The van der Waals surface area contributed by atoms with Gasteiger partial charge in [0.1, 0.15) is 16.9 Å². The van der Waals surface area contributed by atoms with Gasteiger partial charge in [-0.2, -0.15) is 0 Å². The second-order valence-electron chi connectivity index (χ2n) is 6.68. The minimum atomic E-state index is -0.429. The average molecular weight is 422 g/mol. The molecule has 0 bridgehead atoms. The first-order valence-electron chi connectivity index (χ1n) is 9.30. The summed E-state index contributed by atoms with van der Waals surface area (Å²) in [5.41, 5.74) is 2.28. The number of hydrogen-bond acceptors (Lipinski definition) is 4. The van der Waals surface area contributed by atoms with Crippen molar-refractivity contribution in [2.45, 2.75) is 5.37 Å². The first-order chi connectivity index (χ1) is 14.6. The average Bonchev–Trinajstić information content (AvgIpc) is 3.16. The molecule has 0 aliphatic carbocycles. The topological polar surface area (TPSA) is 58.6 Å². The summed E-state index contributed by atoms with van der Waals surface area (Å²) in [6, 6.07) is 20.3. The number of halogens is 1. The minimum absolute atomic E-state index is 0.132. The molecular formula is C23H19FN2O3S. The Labute approximate surface area is 177 Å². The molecule has 3 aromatic rings. The van der Waals surface area contributed by atoms with E-state index in [9.17, 15) is 14.0 Å². The third-order valence-corrected chi connectivity index (χ3v) is 6.00. The number of anilines is 2. The molecule has 0 radical (unpaired) electrons. The molecule has 152 valence electrons. The molecule has 1 saturated heterocycles. The van der Waals surface area contributed by atoms with E-state index in [1.807, 2.05) is 12.1 Å². The van der Waals surface area contributed by atoms with Crippen molar-refractivity contribution in [1.29, 1.82) is 0 Å². The minimum Gasteiger partial charge on any atom is -0.497 e. The molecule has 1 aliphatic rings. The lowest BCUT2D eigenvalue weighted by Crippen LogP contribution is -2.28. The normalized spacial score (nSPS) is 15.9. The van der Waals surface area contributed by atoms with Crippen LogP contribution in [0.1, 0.15) is 21.3 Å². The van der Waals surface area contributed by atoms with Gasteiger partial charge in [0.05, 0.1) is 18.6 Å². The van der Waals surface area contributed by atoms with Crippen LogP contribution in [-0.2, 0) is 4.79 Å². The number of nitrogens with one attached hydrogen (secondary N) is 1. The number of rotatable bonds is 5. The molecule has 2 amide bonds. The number of carbonyl (C=O) groups excluding carboxylic acids is 2. The molecule has 1 heterocycles. The molecule has 1 aliphatic heterocycles. The number of nitrogens with zero attached hydrogens (tertiary/aromatic N) is 1. The predicted octanol–water partition coefficient (Wildman–Crippen LogP) is 4.87. The Balaban J connectivity index is 1.50. The van der Waals surface area contributed by atoms with Crippen molar-refractivity contribution in [1.82, 2.24) is 0 Å². The quantitative estimate of drug-likeness (QED) is 0.638. The largest absolute Gasteiger partial charge is 0.497 e. The lowest BCUT2D eigenvalue weighted by molar-refractivity contribution is -0.115. The second kappa shape index (κ2) is 8.59. The third kappa shape index (κ3) is 4.02. The van der Waals surface area contributed by atoms with Gasteiger partial charge in [0.25, 0.3) is 5.91 Å². The van der Waals surface area contributed by atoms with Crippen LogP contribution in [0.3, 0.4) is 0 Å². The highest BCUT2D eigenvalue weighted by Gasteiger charge is 2.35. The van der Waals surface area contributed by atoms with Crippen LogP contribution in [0.25, 0.3) is 0 Å². The number of carbonyl (C=O) groups is 2. The molecule has 5 nitrogen and oxygen atoms in total. The van der Waals surface area contributed by atoms with Crippen LogP contribution < -0.4 is 15.0 Å². The Kier molecular flexibility index (Phi) is 5.72. The van der Waals surface area contributed by atoms with E-state index in [4.69, 9.17) is 4.74 Å². The fourth-order valence-electron chi connectivity index (χ4n) is 3.25. The predicted molar refractivity (Wildman–Crippen MR) is 116 cm³/mol. The Morgan fingerprint density at radius 3 is 2.43 bits per heavy atom. The molecule has 0 spiro atoms. The van der Waals surface area contributed by atoms with Gasteiger partial charge in [0, 0.05) is 11.3 Å². The Morgan fingerprint density at radius 1 is 1.07 bits per heavy atom. The van der Waals surface area contributed by atoms with Gasteiger partial charge in [-0.1, -0.05) is 24.3 Å². The Morgan fingerprint density at radius 2 is 1.77 bits per heavy atom. The maximum atomic E-state index is 14.3. The van der Waals surface area contributed by atoms with Crippen LogP contribution in [0.4, 0.5) is 15.8 Å². The van der Waals surface area contributed by atoms with Crippen molar-refractivity contribution in [2.24, 2.45) is 0 Å². The van der Waals surface area contributed by atoms with Gasteiger partial charge in [-0.25, -0.2) is 4.39 Å². The zero-order valence-electron chi connectivity index (χ0n) is 16.2. The van der Waals surface area contributed by atoms with E-state index in [0.717, 1.165) is 5.56 Å². The molecule has 0 saturated carbocycles. The lowest BCUT2D eigenvalue weighted by atomic mass is 10.1. The summed E-state index contributed by atoms with van der Waals surface area (Å²) >= 11 is 1.45. The van der Waals surface area contributed by atoms with Crippen molar-refractivity contribution < 1.29 is 18.7 Å². The molecule has 7 heteroatoms. The number of ether oxygens (including phenoxy) is 1. The summed E-state index contributed by atoms with van der Waals surface area (Å²) in [6.45, 7) is 0. The summed E-state index contributed by atoms with van der Waals surface area (Å²) in [4.78, 5) is 26.3. The first kappa shape index (κ1) is 20.0. The Hall–Kier alpha value is -3.32. The molecule has 1 atom stereocenters. The maximum absolute atomic E-state index is 14.3. The fourth-order valence-corrected chi connectivity index (χ4v) is 4.42. The zero-order valence-corrected chi connectivity index (χ0v) is 17.0. The van der Waals surface area contributed by atoms with E-state index in [1.165, 1.54) is 22.7 Å². The van der Waals surface area contributed by atoms with Crippen LogP contribution in [0.5, 0.6) is 5.75 Å². The summed E-state index contributed by atoms with van der Waals surface area (Å²) < 4.78 is 19.4. The third-order valence-electron chi connectivity index (χ3n) is 4.79. The van der Waals surface area contributed by atoms with Gasteiger partial charge < -0.3 is 10.1 Å². The lowest BCUT2D eigenvalue weighted by Gasteiger charge is -2.24. The fraction of sp³-hybridized carbons (Fsp3) is 0.130. The highest BCUT2D eigenvalue weighted by atomic mass is 32.2. The number of hydrogen-bond donors (Lipinski definition) is 1. The second-order valence-corrected chi connectivity index (χ2v) is 7.75. The summed E-state index contributed by atoms with van der Waals surface area (Å²) in [5.74, 6) is 0.172. The molecule has 0 unspecified atom stereocenters. The molecule has 1 N–H and O–H groups in total. The number of para-hydroxylation sites is 1. The van der Waals surface area contributed by atoms with Crippen molar-refractivity contribution >= 4 is 35.0 Å². The number of benzene rings is 3. The molecule has 3 aromatic carbocycles. The standard InChI is InChI=1S/C23H19FN2O3S/c1-29-18-12-8-15(9-13-18)22(28)25-17-10-6-16(7-11-17)23-26(21(27)14-30-23)20-5-3-2-4-19(20)24/h2-13,23H,14H2,1H3,(H,25,28)/t23-/m1/s1. The zero-order chi connectivity index (χ0) is 21.1. The van der Waals surface area contributed by atoms with Gasteiger partial charge in [-0.15, -0.1) is 11.8 Å². The van der Waals surface area contributed by atoms with Gasteiger partial charge in [0.15, 0.2) is 0 Å².